The van der Waals surface area contributed by atoms with E-state index < -0.39 is 5.97 Å². The Bertz CT molecular complexity index is 592. The zero-order valence-corrected chi connectivity index (χ0v) is 9.90. The van der Waals surface area contributed by atoms with E-state index in [9.17, 15) is 14.7 Å². The van der Waals surface area contributed by atoms with Gasteiger partial charge in [0.2, 0.25) is 0 Å². The Hall–Kier alpha value is -2.34. The van der Waals surface area contributed by atoms with Crippen LogP contribution in [0.4, 0.5) is 5.69 Å². The van der Waals surface area contributed by atoms with Crippen molar-refractivity contribution in [3.63, 3.8) is 0 Å². The van der Waals surface area contributed by atoms with Crippen molar-refractivity contribution in [1.29, 1.82) is 0 Å². The summed E-state index contributed by atoms with van der Waals surface area (Å²) >= 11 is 1.39. The van der Waals surface area contributed by atoms with Crippen LogP contribution in [0.5, 0.6) is 5.75 Å². The maximum Gasteiger partial charge on any atom is 0.339 e. The molecule has 0 unspecified atom stereocenters. The minimum atomic E-state index is -1.25. The molecule has 0 saturated heterocycles. The number of carboxylic acids is 1. The second-order valence-electron chi connectivity index (χ2n) is 3.50. The van der Waals surface area contributed by atoms with Gasteiger partial charge in [-0.05, 0) is 29.6 Å². The van der Waals surface area contributed by atoms with E-state index in [1.165, 1.54) is 29.5 Å². The Kier molecular flexibility index (Phi) is 3.29. The summed E-state index contributed by atoms with van der Waals surface area (Å²) in [5.41, 5.74) is 0.574. The number of anilines is 1. The van der Waals surface area contributed by atoms with Crippen LogP contribution < -0.4 is 5.32 Å². The molecule has 0 fully saturated rings. The fourth-order valence-corrected chi connectivity index (χ4v) is 2.02. The van der Waals surface area contributed by atoms with Crippen LogP contribution in [0, 0.1) is 0 Å². The number of thiophene rings is 1. The van der Waals surface area contributed by atoms with Gasteiger partial charge in [0.05, 0.1) is 5.56 Å². The van der Waals surface area contributed by atoms with Crippen LogP contribution in [-0.4, -0.2) is 22.1 Å². The Morgan fingerprint density at radius 3 is 2.61 bits per heavy atom. The summed E-state index contributed by atoms with van der Waals surface area (Å²) in [4.78, 5) is 22.5. The minimum absolute atomic E-state index is 0.252. The largest absolute Gasteiger partial charge is 0.507 e. The predicted octanol–water partition coefficient (Wildman–Crippen LogP) is 2.40. The Morgan fingerprint density at radius 2 is 2.00 bits per heavy atom. The van der Waals surface area contributed by atoms with Gasteiger partial charge in [-0.3, -0.25) is 4.79 Å². The van der Waals surface area contributed by atoms with Gasteiger partial charge in [-0.15, -0.1) is 0 Å². The number of carboxylic acid groups (broad SMARTS) is 1. The molecule has 92 valence electrons. The van der Waals surface area contributed by atoms with E-state index in [2.05, 4.69) is 5.32 Å². The van der Waals surface area contributed by atoms with Gasteiger partial charge in [-0.2, -0.15) is 11.3 Å². The first-order valence-corrected chi connectivity index (χ1v) is 5.92. The highest BCUT2D eigenvalue weighted by Crippen LogP contribution is 2.22. The van der Waals surface area contributed by atoms with E-state index in [0.717, 1.165) is 0 Å². The molecule has 1 heterocycles. The van der Waals surface area contributed by atoms with E-state index >= 15 is 0 Å². The number of carbonyl (C=O) groups is 2. The van der Waals surface area contributed by atoms with Crippen LogP contribution in [0.15, 0.2) is 35.0 Å². The summed E-state index contributed by atoms with van der Waals surface area (Å²) in [6.45, 7) is 0. The van der Waals surface area contributed by atoms with Gasteiger partial charge in [0, 0.05) is 11.1 Å². The fourth-order valence-electron chi connectivity index (χ4n) is 1.38. The first kappa shape index (κ1) is 12.1. The highest BCUT2D eigenvalue weighted by Gasteiger charge is 2.12. The maximum atomic E-state index is 11.7. The van der Waals surface area contributed by atoms with Crippen molar-refractivity contribution < 1.29 is 19.8 Å². The second kappa shape index (κ2) is 4.89. The predicted molar refractivity (Wildman–Crippen MR) is 67.3 cm³/mol. The standard InChI is InChI=1S/C12H9NO4S/c14-10-2-1-8(5-9(10)12(16)17)13-11(15)7-3-4-18-6-7/h1-6,14H,(H,13,15)(H,16,17). The number of hydrogen-bond acceptors (Lipinski definition) is 4. The first-order chi connectivity index (χ1) is 8.58. The molecule has 6 heteroatoms. The molecule has 5 nitrogen and oxygen atoms in total. The number of hydrogen-bond donors (Lipinski definition) is 3. The van der Waals surface area contributed by atoms with Gasteiger partial charge in [-0.1, -0.05) is 0 Å². The van der Waals surface area contributed by atoms with Crippen LogP contribution in [0.3, 0.4) is 0 Å². The highest BCUT2D eigenvalue weighted by molar-refractivity contribution is 7.08. The third-order valence-corrected chi connectivity index (χ3v) is 2.95. The molecule has 18 heavy (non-hydrogen) atoms. The Morgan fingerprint density at radius 1 is 1.22 bits per heavy atom. The molecule has 1 aromatic heterocycles. The second-order valence-corrected chi connectivity index (χ2v) is 4.28. The maximum absolute atomic E-state index is 11.7. The normalized spacial score (nSPS) is 10.0. The number of nitrogens with one attached hydrogen (secondary N) is 1. The number of aromatic hydroxyl groups is 1. The lowest BCUT2D eigenvalue weighted by molar-refractivity contribution is 0.0693. The van der Waals surface area contributed by atoms with Gasteiger partial charge < -0.3 is 15.5 Å². The SMILES string of the molecule is O=C(Nc1ccc(O)c(C(=O)O)c1)c1ccsc1. The van der Waals surface area contributed by atoms with E-state index in [1.54, 1.807) is 16.8 Å². The van der Waals surface area contributed by atoms with E-state index in [-0.39, 0.29) is 17.2 Å². The third kappa shape index (κ3) is 2.49. The van der Waals surface area contributed by atoms with Gasteiger partial charge in [0.15, 0.2) is 0 Å². The number of carbonyl (C=O) groups excluding carboxylic acids is 1. The lowest BCUT2D eigenvalue weighted by atomic mass is 10.1. The quantitative estimate of drug-likeness (QED) is 0.742. The molecule has 0 saturated carbocycles. The zero-order chi connectivity index (χ0) is 13.1. The molecule has 0 atom stereocenters. The van der Waals surface area contributed by atoms with Crippen LogP contribution in [0.1, 0.15) is 20.7 Å². The van der Waals surface area contributed by atoms with E-state index in [4.69, 9.17) is 5.11 Å². The fraction of sp³-hybridized carbons (Fsp3) is 0. The summed E-state index contributed by atoms with van der Waals surface area (Å²) in [6.07, 6.45) is 0. The van der Waals surface area contributed by atoms with Crippen molar-refractivity contribution in [1.82, 2.24) is 0 Å². The molecule has 1 amide bonds. The summed E-state index contributed by atoms with van der Waals surface area (Å²) in [6, 6.07) is 5.54. The van der Waals surface area contributed by atoms with Gasteiger partial charge >= 0.3 is 5.97 Å². The molecule has 3 N–H and O–H groups in total. The Balaban J connectivity index is 2.22. The van der Waals surface area contributed by atoms with Crippen molar-refractivity contribution in [3.8, 4) is 5.75 Å². The summed E-state index contributed by atoms with van der Waals surface area (Å²) in [7, 11) is 0. The first-order valence-electron chi connectivity index (χ1n) is 4.98. The van der Waals surface area contributed by atoms with Crippen molar-refractivity contribution >= 4 is 28.9 Å². The van der Waals surface area contributed by atoms with Gasteiger partial charge in [0.1, 0.15) is 11.3 Å². The zero-order valence-electron chi connectivity index (χ0n) is 9.08. The molecular weight excluding hydrogens is 254 g/mol. The lowest BCUT2D eigenvalue weighted by Crippen LogP contribution is -2.11. The topological polar surface area (TPSA) is 86.6 Å². The highest BCUT2D eigenvalue weighted by atomic mass is 32.1. The van der Waals surface area contributed by atoms with E-state index in [0.29, 0.717) is 11.3 Å². The van der Waals surface area contributed by atoms with Crippen LogP contribution in [-0.2, 0) is 0 Å². The number of phenols is 1. The molecule has 0 aliphatic rings. The van der Waals surface area contributed by atoms with Crippen molar-refractivity contribution in [2.75, 3.05) is 5.32 Å². The summed E-state index contributed by atoms with van der Waals surface area (Å²) in [5, 5.41) is 24.2. The molecular formula is C12H9NO4S. The number of amides is 1. The van der Waals surface area contributed by atoms with Gasteiger partial charge in [-0.25, -0.2) is 4.79 Å². The third-order valence-electron chi connectivity index (χ3n) is 2.27. The summed E-state index contributed by atoms with van der Waals surface area (Å²) in [5.74, 6) is -1.91. The molecule has 0 aliphatic heterocycles. The minimum Gasteiger partial charge on any atom is -0.507 e. The average molecular weight is 263 g/mol. The molecule has 0 bridgehead atoms. The van der Waals surface area contributed by atoms with Crippen LogP contribution in [0.25, 0.3) is 0 Å². The number of rotatable bonds is 3. The van der Waals surface area contributed by atoms with Crippen molar-refractivity contribution in [3.05, 3.63) is 46.2 Å². The van der Waals surface area contributed by atoms with E-state index in [1.807, 2.05) is 0 Å². The molecule has 0 radical (unpaired) electrons. The van der Waals surface area contributed by atoms with Crippen LogP contribution >= 0.6 is 11.3 Å². The average Bonchev–Trinajstić information content (AvgIpc) is 2.85. The monoisotopic (exact) mass is 263 g/mol. The number of benzene rings is 1. The lowest BCUT2D eigenvalue weighted by Gasteiger charge is -2.06. The van der Waals surface area contributed by atoms with Crippen LogP contribution in [0.2, 0.25) is 0 Å². The molecule has 2 aromatic rings. The molecule has 2 rings (SSSR count). The molecule has 0 aliphatic carbocycles. The van der Waals surface area contributed by atoms with Gasteiger partial charge in [0.25, 0.3) is 5.91 Å². The van der Waals surface area contributed by atoms with Crippen molar-refractivity contribution in [2.24, 2.45) is 0 Å². The summed E-state index contributed by atoms with van der Waals surface area (Å²) < 4.78 is 0. The Labute approximate surface area is 106 Å². The molecule has 1 aromatic carbocycles. The van der Waals surface area contributed by atoms with Crippen molar-refractivity contribution in [2.45, 2.75) is 0 Å². The smallest absolute Gasteiger partial charge is 0.339 e. The molecule has 0 spiro atoms. The number of aromatic carboxylic acids is 1.